The minimum Gasteiger partial charge on any atom is -0.396 e. The molecule has 1 N–H and O–H groups in total. The van der Waals surface area contributed by atoms with Gasteiger partial charge in [-0.2, -0.15) is 0 Å². The summed E-state index contributed by atoms with van der Waals surface area (Å²) in [6.07, 6.45) is 0.671. The molecule has 0 saturated carbocycles. The van der Waals surface area contributed by atoms with E-state index in [-0.39, 0.29) is 12.7 Å². The van der Waals surface area contributed by atoms with Crippen LogP contribution in [0.4, 0.5) is 0 Å². The van der Waals surface area contributed by atoms with Gasteiger partial charge < -0.3 is 9.84 Å². The molecule has 2 heteroatoms. The maximum atomic E-state index is 8.80. The lowest BCUT2D eigenvalue weighted by Crippen LogP contribution is -2.03. The van der Waals surface area contributed by atoms with Gasteiger partial charge in [-0.15, -0.1) is 0 Å². The normalized spacial score (nSPS) is 12.8. The molecule has 0 bridgehead atoms. The predicted octanol–water partition coefficient (Wildman–Crippen LogP) is 2.06. The van der Waals surface area contributed by atoms with Gasteiger partial charge in [-0.05, 0) is 12.5 Å². The largest absolute Gasteiger partial charge is 0.396 e. The van der Waals surface area contributed by atoms with E-state index in [2.05, 4.69) is 19.1 Å². The third kappa shape index (κ3) is 2.83. The van der Waals surface area contributed by atoms with Crippen LogP contribution in [-0.2, 0) is 4.74 Å². The third-order valence-electron chi connectivity index (χ3n) is 2.12. The summed E-state index contributed by atoms with van der Waals surface area (Å²) in [6, 6.07) is 8.19. The zero-order valence-corrected chi connectivity index (χ0v) is 8.16. The van der Waals surface area contributed by atoms with E-state index < -0.39 is 0 Å². The molecule has 0 spiro atoms. The van der Waals surface area contributed by atoms with E-state index in [9.17, 15) is 0 Å². The quantitative estimate of drug-likeness (QED) is 0.768. The van der Waals surface area contributed by atoms with E-state index in [1.807, 2.05) is 12.1 Å². The number of aliphatic hydroxyl groups is 1. The number of aliphatic hydroxyl groups excluding tert-OH is 1. The first-order valence-corrected chi connectivity index (χ1v) is 4.48. The molecule has 0 heterocycles. The van der Waals surface area contributed by atoms with Gasteiger partial charge in [0.25, 0.3) is 0 Å². The van der Waals surface area contributed by atoms with E-state index in [4.69, 9.17) is 9.84 Å². The first kappa shape index (κ1) is 10.2. The van der Waals surface area contributed by atoms with Gasteiger partial charge in [0, 0.05) is 20.1 Å². The summed E-state index contributed by atoms with van der Waals surface area (Å²) in [4.78, 5) is 0. The third-order valence-corrected chi connectivity index (χ3v) is 2.12. The van der Waals surface area contributed by atoms with Gasteiger partial charge in [0.2, 0.25) is 0 Å². The summed E-state index contributed by atoms with van der Waals surface area (Å²) in [5.41, 5.74) is 2.37. The number of hydrogen-bond donors (Lipinski definition) is 1. The summed E-state index contributed by atoms with van der Waals surface area (Å²) in [7, 11) is 1.67. The van der Waals surface area contributed by atoms with Gasteiger partial charge in [-0.3, -0.25) is 0 Å². The molecule has 1 aromatic rings. The van der Waals surface area contributed by atoms with Crippen LogP contribution < -0.4 is 0 Å². The Morgan fingerprint density at radius 2 is 1.92 bits per heavy atom. The van der Waals surface area contributed by atoms with Gasteiger partial charge in [-0.1, -0.05) is 29.8 Å². The summed E-state index contributed by atoms with van der Waals surface area (Å²) in [5, 5.41) is 8.80. The van der Waals surface area contributed by atoms with Crippen molar-refractivity contribution in [3.8, 4) is 0 Å². The van der Waals surface area contributed by atoms with Crippen molar-refractivity contribution in [1.82, 2.24) is 0 Å². The molecule has 1 rings (SSSR count). The minimum absolute atomic E-state index is 0.0191. The number of rotatable bonds is 4. The lowest BCUT2D eigenvalue weighted by Gasteiger charge is -2.14. The Balaban J connectivity index is 2.73. The van der Waals surface area contributed by atoms with Crippen LogP contribution in [0.15, 0.2) is 24.3 Å². The van der Waals surface area contributed by atoms with Crippen LogP contribution in [0.1, 0.15) is 23.7 Å². The molecule has 0 aliphatic rings. The summed E-state index contributed by atoms with van der Waals surface area (Å²) in [5.74, 6) is 0. The SMILES string of the molecule is COC(CCO)c1ccc(C)cc1. The van der Waals surface area contributed by atoms with Crippen molar-refractivity contribution in [3.05, 3.63) is 35.4 Å². The van der Waals surface area contributed by atoms with Crippen molar-refractivity contribution in [1.29, 1.82) is 0 Å². The van der Waals surface area contributed by atoms with E-state index in [0.29, 0.717) is 6.42 Å². The van der Waals surface area contributed by atoms with Crippen LogP contribution in [0.2, 0.25) is 0 Å². The molecule has 0 aromatic heterocycles. The second-order valence-electron chi connectivity index (χ2n) is 3.15. The smallest absolute Gasteiger partial charge is 0.0843 e. The zero-order chi connectivity index (χ0) is 9.68. The van der Waals surface area contributed by atoms with Gasteiger partial charge in [0.1, 0.15) is 0 Å². The Hall–Kier alpha value is -0.860. The van der Waals surface area contributed by atoms with Gasteiger partial charge in [0.05, 0.1) is 6.10 Å². The van der Waals surface area contributed by atoms with E-state index >= 15 is 0 Å². The fourth-order valence-electron chi connectivity index (χ4n) is 1.32. The maximum absolute atomic E-state index is 8.80. The molecular formula is C11H16O2. The van der Waals surface area contributed by atoms with Crippen LogP contribution >= 0.6 is 0 Å². The Morgan fingerprint density at radius 1 is 1.31 bits per heavy atom. The fourth-order valence-corrected chi connectivity index (χ4v) is 1.32. The minimum atomic E-state index is 0.0191. The molecule has 13 heavy (non-hydrogen) atoms. The van der Waals surface area contributed by atoms with Crippen molar-refractivity contribution in [2.75, 3.05) is 13.7 Å². The van der Waals surface area contributed by atoms with Crippen molar-refractivity contribution in [3.63, 3.8) is 0 Å². The number of aryl methyl sites for hydroxylation is 1. The molecule has 0 fully saturated rings. The zero-order valence-electron chi connectivity index (χ0n) is 8.16. The number of ether oxygens (including phenoxy) is 1. The number of hydrogen-bond acceptors (Lipinski definition) is 2. The second-order valence-corrected chi connectivity index (χ2v) is 3.15. The molecule has 0 radical (unpaired) electrons. The monoisotopic (exact) mass is 180 g/mol. The molecule has 0 aliphatic carbocycles. The highest BCUT2D eigenvalue weighted by Crippen LogP contribution is 2.19. The maximum Gasteiger partial charge on any atom is 0.0843 e. The van der Waals surface area contributed by atoms with Crippen molar-refractivity contribution >= 4 is 0 Å². The molecule has 0 saturated heterocycles. The van der Waals surface area contributed by atoms with Gasteiger partial charge in [-0.25, -0.2) is 0 Å². The lowest BCUT2D eigenvalue weighted by atomic mass is 10.1. The Bertz CT molecular complexity index is 241. The van der Waals surface area contributed by atoms with Crippen LogP contribution in [0.25, 0.3) is 0 Å². The standard InChI is InChI=1S/C11H16O2/c1-9-3-5-10(6-4-9)11(13-2)7-8-12/h3-6,11-12H,7-8H2,1-2H3. The number of benzene rings is 1. The fraction of sp³-hybridized carbons (Fsp3) is 0.455. The average molecular weight is 180 g/mol. The highest BCUT2D eigenvalue weighted by molar-refractivity contribution is 5.23. The number of methoxy groups -OCH3 is 1. The second kappa shape index (κ2) is 5.00. The predicted molar refractivity (Wildman–Crippen MR) is 52.6 cm³/mol. The van der Waals surface area contributed by atoms with Crippen LogP contribution in [0.5, 0.6) is 0 Å². The Kier molecular flexibility index (Phi) is 3.93. The molecule has 72 valence electrons. The summed E-state index contributed by atoms with van der Waals surface area (Å²) in [6.45, 7) is 2.21. The first-order valence-electron chi connectivity index (χ1n) is 4.48. The Morgan fingerprint density at radius 3 is 2.38 bits per heavy atom. The van der Waals surface area contributed by atoms with Gasteiger partial charge >= 0.3 is 0 Å². The highest BCUT2D eigenvalue weighted by atomic mass is 16.5. The van der Waals surface area contributed by atoms with Crippen molar-refractivity contribution in [2.45, 2.75) is 19.4 Å². The molecule has 1 unspecified atom stereocenters. The highest BCUT2D eigenvalue weighted by Gasteiger charge is 2.08. The van der Waals surface area contributed by atoms with Crippen molar-refractivity contribution in [2.24, 2.45) is 0 Å². The topological polar surface area (TPSA) is 29.5 Å². The van der Waals surface area contributed by atoms with E-state index in [1.165, 1.54) is 5.56 Å². The van der Waals surface area contributed by atoms with E-state index in [0.717, 1.165) is 5.56 Å². The molecule has 1 aromatic carbocycles. The van der Waals surface area contributed by atoms with Crippen LogP contribution in [0.3, 0.4) is 0 Å². The van der Waals surface area contributed by atoms with Crippen LogP contribution in [0, 0.1) is 6.92 Å². The van der Waals surface area contributed by atoms with Crippen LogP contribution in [-0.4, -0.2) is 18.8 Å². The lowest BCUT2D eigenvalue weighted by molar-refractivity contribution is 0.0775. The average Bonchev–Trinajstić information content (AvgIpc) is 2.16. The molecule has 0 amide bonds. The molecule has 1 atom stereocenters. The van der Waals surface area contributed by atoms with Gasteiger partial charge in [0.15, 0.2) is 0 Å². The summed E-state index contributed by atoms with van der Waals surface area (Å²) < 4.78 is 5.26. The molecular weight excluding hydrogens is 164 g/mol. The first-order chi connectivity index (χ1) is 6.27. The molecule has 0 aliphatic heterocycles. The summed E-state index contributed by atoms with van der Waals surface area (Å²) >= 11 is 0. The molecule has 2 nitrogen and oxygen atoms in total. The van der Waals surface area contributed by atoms with E-state index in [1.54, 1.807) is 7.11 Å². The Labute approximate surface area is 79.2 Å². The van der Waals surface area contributed by atoms with Crippen molar-refractivity contribution < 1.29 is 9.84 Å².